The topological polar surface area (TPSA) is 43.8 Å². The molecule has 0 saturated carbocycles. The van der Waals surface area contributed by atoms with Crippen LogP contribution in [0.4, 0.5) is 0 Å². The van der Waals surface area contributed by atoms with Crippen molar-refractivity contribution < 1.29 is 9.90 Å². The lowest BCUT2D eigenvalue weighted by Crippen LogP contribution is -2.49. The van der Waals surface area contributed by atoms with E-state index in [0.717, 1.165) is 32.6 Å². The van der Waals surface area contributed by atoms with E-state index in [2.05, 4.69) is 22.9 Å². The van der Waals surface area contributed by atoms with E-state index in [1.54, 1.807) is 0 Å². The third kappa shape index (κ3) is 2.62. The first-order valence-electron chi connectivity index (χ1n) is 5.99. The van der Waals surface area contributed by atoms with Crippen molar-refractivity contribution in [1.82, 2.24) is 9.80 Å². The van der Waals surface area contributed by atoms with Crippen molar-refractivity contribution in [3.63, 3.8) is 0 Å². The number of allylic oxidation sites excluding steroid dienone is 1. The summed E-state index contributed by atoms with van der Waals surface area (Å²) in [6.07, 6.45) is 5.69. The molecule has 0 aromatic rings. The molecule has 1 aliphatic carbocycles. The first-order valence-corrected chi connectivity index (χ1v) is 5.99. The van der Waals surface area contributed by atoms with E-state index < -0.39 is 5.97 Å². The minimum atomic E-state index is -0.650. The minimum Gasteiger partial charge on any atom is -0.481 e. The lowest BCUT2D eigenvalue weighted by Gasteiger charge is -2.38. The van der Waals surface area contributed by atoms with Crippen LogP contribution in [-0.2, 0) is 4.79 Å². The van der Waals surface area contributed by atoms with E-state index in [0.29, 0.717) is 12.5 Å². The fourth-order valence-electron chi connectivity index (χ4n) is 2.49. The average molecular weight is 224 g/mol. The maximum atomic E-state index is 11.0. The van der Waals surface area contributed by atoms with Gasteiger partial charge in [-0.25, -0.2) is 0 Å². The number of rotatable bonds is 2. The summed E-state index contributed by atoms with van der Waals surface area (Å²) in [6, 6.07) is 0.337. The Balaban J connectivity index is 1.92. The number of likely N-dealkylation sites (N-methyl/N-ethyl adjacent to an activating group) is 1. The van der Waals surface area contributed by atoms with Gasteiger partial charge in [-0.15, -0.1) is 0 Å². The maximum Gasteiger partial charge on any atom is 0.306 e. The molecule has 1 N–H and O–H groups in total. The first kappa shape index (κ1) is 11.6. The van der Waals surface area contributed by atoms with Gasteiger partial charge in [-0.1, -0.05) is 12.2 Å². The van der Waals surface area contributed by atoms with Crippen LogP contribution < -0.4 is 0 Å². The van der Waals surface area contributed by atoms with Gasteiger partial charge < -0.3 is 10.0 Å². The van der Waals surface area contributed by atoms with Gasteiger partial charge in [-0.3, -0.25) is 9.69 Å². The summed E-state index contributed by atoms with van der Waals surface area (Å²) < 4.78 is 0. The average Bonchev–Trinajstić information content (AvgIpc) is 2.30. The highest BCUT2D eigenvalue weighted by atomic mass is 16.4. The van der Waals surface area contributed by atoms with Gasteiger partial charge in [0.25, 0.3) is 0 Å². The molecule has 0 bridgehead atoms. The quantitative estimate of drug-likeness (QED) is 0.700. The van der Waals surface area contributed by atoms with Crippen LogP contribution in [0.5, 0.6) is 0 Å². The van der Waals surface area contributed by atoms with Gasteiger partial charge in [-0.2, -0.15) is 0 Å². The standard InChI is InChI=1S/C12H20N2O2/c1-13-5-7-14(8-6-13)11-4-2-3-10(9-11)12(15)16/h2,4,10-11H,3,5-9H2,1H3,(H,15,16)/t10-,11+/m0/s1. The Kier molecular flexibility index (Phi) is 3.61. The summed E-state index contributed by atoms with van der Waals surface area (Å²) >= 11 is 0. The molecule has 16 heavy (non-hydrogen) atoms. The highest BCUT2D eigenvalue weighted by Gasteiger charge is 2.28. The largest absolute Gasteiger partial charge is 0.481 e. The van der Waals surface area contributed by atoms with E-state index >= 15 is 0 Å². The van der Waals surface area contributed by atoms with Crippen molar-refractivity contribution in [3.05, 3.63) is 12.2 Å². The molecular formula is C12H20N2O2. The lowest BCUT2D eigenvalue weighted by atomic mass is 9.90. The van der Waals surface area contributed by atoms with E-state index in [-0.39, 0.29) is 5.92 Å². The second kappa shape index (κ2) is 4.97. The van der Waals surface area contributed by atoms with Crippen LogP contribution in [0.25, 0.3) is 0 Å². The van der Waals surface area contributed by atoms with Crippen LogP contribution in [0.15, 0.2) is 12.2 Å². The summed E-state index contributed by atoms with van der Waals surface area (Å²) in [5.74, 6) is -0.835. The third-order valence-electron chi connectivity index (χ3n) is 3.66. The molecule has 1 heterocycles. The Morgan fingerprint density at radius 3 is 2.62 bits per heavy atom. The van der Waals surface area contributed by atoms with Crippen LogP contribution >= 0.6 is 0 Å². The molecule has 2 rings (SSSR count). The number of hydrogen-bond donors (Lipinski definition) is 1. The zero-order valence-electron chi connectivity index (χ0n) is 9.80. The zero-order chi connectivity index (χ0) is 11.5. The smallest absolute Gasteiger partial charge is 0.306 e. The van der Waals surface area contributed by atoms with E-state index in [1.807, 2.05) is 6.08 Å². The Bertz CT molecular complexity index is 283. The molecule has 0 amide bonds. The Morgan fingerprint density at radius 2 is 2.00 bits per heavy atom. The van der Waals surface area contributed by atoms with Crippen molar-refractivity contribution in [1.29, 1.82) is 0 Å². The first-order chi connectivity index (χ1) is 7.66. The third-order valence-corrected chi connectivity index (χ3v) is 3.66. The van der Waals surface area contributed by atoms with Gasteiger partial charge in [0, 0.05) is 32.2 Å². The molecule has 2 atom stereocenters. The second-order valence-corrected chi connectivity index (χ2v) is 4.84. The number of piperazine rings is 1. The van der Waals surface area contributed by atoms with Crippen molar-refractivity contribution in [3.8, 4) is 0 Å². The molecule has 1 saturated heterocycles. The van der Waals surface area contributed by atoms with Crippen LogP contribution in [0.1, 0.15) is 12.8 Å². The normalized spacial score (nSPS) is 32.8. The lowest BCUT2D eigenvalue weighted by molar-refractivity contribution is -0.142. The van der Waals surface area contributed by atoms with Crippen LogP contribution in [0, 0.1) is 5.92 Å². The van der Waals surface area contributed by atoms with Crippen molar-refractivity contribution in [2.45, 2.75) is 18.9 Å². The maximum absolute atomic E-state index is 11.0. The molecule has 4 nitrogen and oxygen atoms in total. The molecule has 0 unspecified atom stereocenters. The molecule has 1 aliphatic heterocycles. The monoisotopic (exact) mass is 224 g/mol. The fourth-order valence-corrected chi connectivity index (χ4v) is 2.49. The molecular weight excluding hydrogens is 204 g/mol. The van der Waals surface area contributed by atoms with Gasteiger partial charge in [-0.05, 0) is 19.9 Å². The molecule has 4 heteroatoms. The molecule has 0 aromatic carbocycles. The fraction of sp³-hybridized carbons (Fsp3) is 0.750. The van der Waals surface area contributed by atoms with E-state index in [9.17, 15) is 4.79 Å². The molecule has 0 spiro atoms. The number of hydrogen-bond acceptors (Lipinski definition) is 3. The highest BCUT2D eigenvalue weighted by molar-refractivity contribution is 5.70. The van der Waals surface area contributed by atoms with Gasteiger partial charge in [0.05, 0.1) is 5.92 Å². The van der Waals surface area contributed by atoms with Gasteiger partial charge >= 0.3 is 5.97 Å². The summed E-state index contributed by atoms with van der Waals surface area (Å²) in [7, 11) is 2.13. The summed E-state index contributed by atoms with van der Waals surface area (Å²) in [5, 5.41) is 9.04. The number of aliphatic carboxylic acids is 1. The summed E-state index contributed by atoms with van der Waals surface area (Å²) in [4.78, 5) is 15.7. The summed E-state index contributed by atoms with van der Waals surface area (Å²) in [5.41, 5.74) is 0. The zero-order valence-corrected chi connectivity index (χ0v) is 9.80. The number of carboxylic acid groups (broad SMARTS) is 1. The SMILES string of the molecule is CN1CCN([C@@H]2C=CC[C@H](C(=O)O)C2)CC1. The van der Waals surface area contributed by atoms with Crippen LogP contribution in [0.2, 0.25) is 0 Å². The Hall–Kier alpha value is -0.870. The second-order valence-electron chi connectivity index (χ2n) is 4.84. The highest BCUT2D eigenvalue weighted by Crippen LogP contribution is 2.23. The minimum absolute atomic E-state index is 0.186. The molecule has 0 aromatic heterocycles. The molecule has 1 fully saturated rings. The van der Waals surface area contributed by atoms with Crippen molar-refractivity contribution in [2.75, 3.05) is 33.2 Å². The molecule has 90 valence electrons. The van der Waals surface area contributed by atoms with Crippen LogP contribution in [-0.4, -0.2) is 60.1 Å². The van der Waals surface area contributed by atoms with E-state index in [4.69, 9.17) is 5.11 Å². The van der Waals surface area contributed by atoms with Gasteiger partial charge in [0.2, 0.25) is 0 Å². The Labute approximate surface area is 96.5 Å². The number of nitrogens with zero attached hydrogens (tertiary/aromatic N) is 2. The van der Waals surface area contributed by atoms with Crippen LogP contribution in [0.3, 0.4) is 0 Å². The van der Waals surface area contributed by atoms with Crippen molar-refractivity contribution >= 4 is 5.97 Å². The van der Waals surface area contributed by atoms with Gasteiger partial charge in [0.15, 0.2) is 0 Å². The van der Waals surface area contributed by atoms with Crippen molar-refractivity contribution in [2.24, 2.45) is 5.92 Å². The Morgan fingerprint density at radius 1 is 1.31 bits per heavy atom. The predicted octanol–water partition coefficient (Wildman–Crippen LogP) is 0.653. The molecule has 0 radical (unpaired) electrons. The summed E-state index contributed by atoms with van der Waals surface area (Å²) in [6.45, 7) is 4.28. The predicted molar refractivity (Wildman–Crippen MR) is 62.4 cm³/mol. The van der Waals surface area contributed by atoms with Gasteiger partial charge in [0.1, 0.15) is 0 Å². The number of carboxylic acids is 1. The molecule has 2 aliphatic rings. The number of carbonyl (C=O) groups is 1. The van der Waals surface area contributed by atoms with E-state index in [1.165, 1.54) is 0 Å².